The number of esters is 1. The smallest absolute Gasteiger partial charge is 0.315 e. The highest BCUT2D eigenvalue weighted by molar-refractivity contribution is 6.31. The Morgan fingerprint density at radius 2 is 1.90 bits per heavy atom. The fourth-order valence-electron chi connectivity index (χ4n) is 3.07. The van der Waals surface area contributed by atoms with Crippen molar-refractivity contribution in [3.8, 4) is 17.0 Å². The van der Waals surface area contributed by atoms with E-state index < -0.39 is 5.41 Å². The number of halogens is 1. The molecule has 0 atom stereocenters. The summed E-state index contributed by atoms with van der Waals surface area (Å²) in [5.41, 5.74) is 2.84. The molecule has 0 N–H and O–H groups in total. The zero-order chi connectivity index (χ0) is 21.7. The Kier molecular flexibility index (Phi) is 6.63. The highest BCUT2D eigenvalue weighted by atomic mass is 35.5. The molecular formula is C24H25ClN2O3. The summed E-state index contributed by atoms with van der Waals surface area (Å²) in [5, 5.41) is 5.43. The van der Waals surface area contributed by atoms with Crippen LogP contribution in [0.3, 0.4) is 0 Å². The minimum atomic E-state index is -0.753. The molecule has 30 heavy (non-hydrogen) atoms. The van der Waals surface area contributed by atoms with Crippen molar-refractivity contribution in [2.24, 2.45) is 5.41 Å². The van der Waals surface area contributed by atoms with Gasteiger partial charge in [0.1, 0.15) is 5.75 Å². The lowest BCUT2D eigenvalue weighted by molar-refractivity contribution is -0.148. The summed E-state index contributed by atoms with van der Waals surface area (Å²) < 4.78 is 12.2. The van der Waals surface area contributed by atoms with Gasteiger partial charge in [0.2, 0.25) is 0 Å². The van der Waals surface area contributed by atoms with Crippen molar-refractivity contribution in [1.29, 1.82) is 0 Å². The second-order valence-electron chi connectivity index (χ2n) is 7.48. The summed E-state index contributed by atoms with van der Waals surface area (Å²) in [6, 6.07) is 17.5. The van der Waals surface area contributed by atoms with Gasteiger partial charge in [-0.2, -0.15) is 5.10 Å². The van der Waals surface area contributed by atoms with E-state index in [2.05, 4.69) is 0 Å². The molecule has 0 spiro atoms. The lowest BCUT2D eigenvalue weighted by atomic mass is 9.93. The molecule has 1 heterocycles. The summed E-state index contributed by atoms with van der Waals surface area (Å²) in [5.74, 6) is 0.462. The Morgan fingerprint density at radius 1 is 1.13 bits per heavy atom. The minimum Gasteiger partial charge on any atom is -0.497 e. The topological polar surface area (TPSA) is 53.4 Å². The van der Waals surface area contributed by atoms with Crippen molar-refractivity contribution in [2.45, 2.75) is 20.4 Å². The van der Waals surface area contributed by atoms with E-state index in [4.69, 9.17) is 26.2 Å². The van der Waals surface area contributed by atoms with Crippen LogP contribution in [0, 0.1) is 5.41 Å². The monoisotopic (exact) mass is 424 g/mol. The van der Waals surface area contributed by atoms with Crippen molar-refractivity contribution < 1.29 is 14.3 Å². The van der Waals surface area contributed by atoms with Gasteiger partial charge in [0, 0.05) is 10.6 Å². The lowest BCUT2D eigenvalue weighted by Gasteiger charge is -2.15. The molecule has 0 bridgehead atoms. The Morgan fingerprint density at radius 3 is 2.60 bits per heavy atom. The molecule has 0 saturated carbocycles. The van der Waals surface area contributed by atoms with Gasteiger partial charge >= 0.3 is 5.97 Å². The van der Waals surface area contributed by atoms with E-state index in [1.165, 1.54) is 7.11 Å². The fraction of sp³-hybridized carbons (Fsp3) is 0.250. The molecule has 0 amide bonds. The average molecular weight is 425 g/mol. The molecule has 0 unspecified atom stereocenters. The standard InChI is InChI=1S/C24H25ClN2O3/c1-24(2,23(28)30-4)13-12-19-15-22(17-9-7-10-20(14-17)29-3)27(26-19)16-18-8-5-6-11-21(18)25/h5-15H,16H2,1-4H3/b13-12+. The maximum atomic E-state index is 12.0. The van der Waals surface area contributed by atoms with Crippen molar-refractivity contribution in [3.05, 3.63) is 77.0 Å². The number of aromatic nitrogens is 2. The molecule has 2 aromatic carbocycles. The third-order valence-corrected chi connectivity index (χ3v) is 5.19. The van der Waals surface area contributed by atoms with Crippen LogP contribution in [0.25, 0.3) is 17.3 Å². The minimum absolute atomic E-state index is 0.303. The molecular weight excluding hydrogens is 400 g/mol. The Labute approximate surface area is 181 Å². The molecule has 1 aromatic heterocycles. The van der Waals surface area contributed by atoms with Gasteiger partial charge in [-0.05, 0) is 49.8 Å². The predicted molar refractivity (Wildman–Crippen MR) is 120 cm³/mol. The Hall–Kier alpha value is -3.05. The summed E-state index contributed by atoms with van der Waals surface area (Å²) in [4.78, 5) is 12.0. The third kappa shape index (κ3) is 4.92. The van der Waals surface area contributed by atoms with Gasteiger partial charge in [-0.15, -0.1) is 0 Å². The van der Waals surface area contributed by atoms with Crippen LogP contribution in [-0.4, -0.2) is 30.0 Å². The molecule has 3 aromatic rings. The first-order valence-electron chi connectivity index (χ1n) is 9.57. The third-order valence-electron chi connectivity index (χ3n) is 4.82. The summed E-state index contributed by atoms with van der Waals surface area (Å²) in [7, 11) is 3.03. The molecule has 6 heteroatoms. The molecule has 0 fully saturated rings. The van der Waals surface area contributed by atoms with E-state index in [0.717, 1.165) is 28.3 Å². The maximum absolute atomic E-state index is 12.0. The molecule has 0 radical (unpaired) electrons. The van der Waals surface area contributed by atoms with Crippen LogP contribution in [0.15, 0.2) is 60.7 Å². The van der Waals surface area contributed by atoms with Crippen molar-refractivity contribution in [2.75, 3.05) is 14.2 Å². The van der Waals surface area contributed by atoms with Crippen LogP contribution in [0.2, 0.25) is 5.02 Å². The Bertz CT molecular complexity index is 1070. The van der Waals surface area contributed by atoms with Crippen LogP contribution in [0.1, 0.15) is 25.1 Å². The van der Waals surface area contributed by atoms with Crippen molar-refractivity contribution in [3.63, 3.8) is 0 Å². The zero-order valence-corrected chi connectivity index (χ0v) is 18.3. The van der Waals surface area contributed by atoms with Crippen LogP contribution >= 0.6 is 11.6 Å². The summed E-state index contributed by atoms with van der Waals surface area (Å²) in [6.07, 6.45) is 3.64. The lowest BCUT2D eigenvalue weighted by Crippen LogP contribution is -2.22. The molecule has 3 rings (SSSR count). The van der Waals surface area contributed by atoms with E-state index in [-0.39, 0.29) is 5.97 Å². The van der Waals surface area contributed by atoms with Crippen molar-refractivity contribution >= 4 is 23.6 Å². The average Bonchev–Trinajstić information content (AvgIpc) is 3.16. The SMILES string of the molecule is COC(=O)C(C)(C)/C=C/c1cc(-c2cccc(OC)c2)n(Cc2ccccc2Cl)n1. The number of methoxy groups -OCH3 is 2. The first-order valence-corrected chi connectivity index (χ1v) is 9.95. The molecule has 0 aliphatic heterocycles. The van der Waals surface area contributed by atoms with Gasteiger partial charge in [0.05, 0.1) is 37.6 Å². The number of hydrogen-bond donors (Lipinski definition) is 0. The zero-order valence-electron chi connectivity index (χ0n) is 17.6. The number of nitrogens with zero attached hydrogens (tertiary/aromatic N) is 2. The van der Waals surface area contributed by atoms with Crippen LogP contribution in [0.4, 0.5) is 0 Å². The quantitative estimate of drug-likeness (QED) is 0.472. The summed E-state index contributed by atoms with van der Waals surface area (Å²) >= 11 is 6.37. The normalized spacial score (nSPS) is 11.6. The highest BCUT2D eigenvalue weighted by Crippen LogP contribution is 2.28. The van der Waals surface area contributed by atoms with E-state index in [9.17, 15) is 4.79 Å². The number of rotatable bonds is 7. The second-order valence-corrected chi connectivity index (χ2v) is 7.89. The van der Waals surface area contributed by atoms with Crippen LogP contribution in [0.5, 0.6) is 5.75 Å². The fourth-order valence-corrected chi connectivity index (χ4v) is 3.26. The van der Waals surface area contributed by atoms with E-state index in [0.29, 0.717) is 11.6 Å². The second kappa shape index (κ2) is 9.18. The molecule has 0 aliphatic carbocycles. The number of carbonyl (C=O) groups is 1. The highest BCUT2D eigenvalue weighted by Gasteiger charge is 2.25. The largest absolute Gasteiger partial charge is 0.497 e. The first-order chi connectivity index (χ1) is 14.3. The van der Waals surface area contributed by atoms with Gasteiger partial charge in [0.25, 0.3) is 0 Å². The van der Waals surface area contributed by atoms with Gasteiger partial charge in [-0.1, -0.05) is 48.0 Å². The number of carbonyl (C=O) groups excluding carboxylic acids is 1. The maximum Gasteiger partial charge on any atom is 0.315 e. The van der Waals surface area contributed by atoms with Gasteiger partial charge in [0.15, 0.2) is 0 Å². The van der Waals surface area contributed by atoms with Gasteiger partial charge in [-0.25, -0.2) is 0 Å². The predicted octanol–water partition coefficient (Wildman–Crippen LogP) is 5.47. The molecule has 0 aliphatic rings. The first kappa shape index (κ1) is 21.7. The number of hydrogen-bond acceptors (Lipinski definition) is 4. The van der Waals surface area contributed by atoms with Crippen LogP contribution in [-0.2, 0) is 16.1 Å². The molecule has 156 valence electrons. The Balaban J connectivity index is 2.03. The van der Waals surface area contributed by atoms with E-state index >= 15 is 0 Å². The van der Waals surface area contributed by atoms with E-state index in [1.807, 2.05) is 65.4 Å². The van der Waals surface area contributed by atoms with Gasteiger partial charge in [-0.3, -0.25) is 9.48 Å². The number of ether oxygens (including phenoxy) is 2. The molecule has 5 nitrogen and oxygen atoms in total. The van der Waals surface area contributed by atoms with Gasteiger partial charge < -0.3 is 9.47 Å². The van der Waals surface area contributed by atoms with Crippen LogP contribution < -0.4 is 4.74 Å². The van der Waals surface area contributed by atoms with E-state index in [1.54, 1.807) is 27.0 Å². The van der Waals surface area contributed by atoms with Crippen molar-refractivity contribution in [1.82, 2.24) is 9.78 Å². The summed E-state index contributed by atoms with van der Waals surface area (Å²) in [6.45, 7) is 4.12. The molecule has 0 saturated heterocycles. The number of benzene rings is 2.